The van der Waals surface area contributed by atoms with Crippen molar-refractivity contribution in [3.05, 3.63) is 11.6 Å². The number of esters is 1. The molecule has 1 aromatic rings. The van der Waals surface area contributed by atoms with Crippen molar-refractivity contribution < 1.29 is 14.3 Å². The molecular weight excluding hydrogens is 414 g/mol. The average Bonchev–Trinajstić information content (AvgIpc) is 3.44. The predicted octanol–water partition coefficient (Wildman–Crippen LogP) is 6.42. The van der Waals surface area contributed by atoms with Gasteiger partial charge in [-0.2, -0.15) is 0 Å². The molecule has 1 heterocycles. The van der Waals surface area contributed by atoms with E-state index in [4.69, 9.17) is 19.7 Å². The highest BCUT2D eigenvalue weighted by atomic mass is 16.6. The molecule has 2 fully saturated rings. The third kappa shape index (κ3) is 7.27. The number of carbonyl (C=O) groups is 1. The van der Waals surface area contributed by atoms with E-state index in [1.807, 2.05) is 27.7 Å². The Morgan fingerprint density at radius 3 is 2.39 bits per heavy atom. The first-order valence-electron chi connectivity index (χ1n) is 13.4. The van der Waals surface area contributed by atoms with Crippen molar-refractivity contribution in [1.29, 1.82) is 0 Å². The second-order valence-corrected chi connectivity index (χ2v) is 11.9. The summed E-state index contributed by atoms with van der Waals surface area (Å²) in [5.74, 6) is 3.70. The zero-order valence-corrected chi connectivity index (χ0v) is 22.1. The SMILES string of the molecule is CCCCOCCC(c1nnc(C2CC(CC(C)C)C2)n1C1CC1)C(C)C(=O)OC(C)(C)C. The highest BCUT2D eigenvalue weighted by Crippen LogP contribution is 2.48. The van der Waals surface area contributed by atoms with Gasteiger partial charge in [-0.15, -0.1) is 10.2 Å². The molecule has 188 valence electrons. The van der Waals surface area contributed by atoms with Gasteiger partial charge in [0.15, 0.2) is 0 Å². The minimum Gasteiger partial charge on any atom is -0.460 e. The van der Waals surface area contributed by atoms with Crippen LogP contribution in [0.4, 0.5) is 0 Å². The molecule has 33 heavy (non-hydrogen) atoms. The van der Waals surface area contributed by atoms with Gasteiger partial charge in [0.25, 0.3) is 0 Å². The van der Waals surface area contributed by atoms with Gasteiger partial charge in [0.2, 0.25) is 0 Å². The minimum absolute atomic E-state index is 0.0464. The fraction of sp³-hybridized carbons (Fsp3) is 0.889. The first kappa shape index (κ1) is 26.2. The lowest BCUT2D eigenvalue weighted by atomic mass is 9.71. The van der Waals surface area contributed by atoms with Crippen LogP contribution in [0.15, 0.2) is 0 Å². The predicted molar refractivity (Wildman–Crippen MR) is 131 cm³/mol. The summed E-state index contributed by atoms with van der Waals surface area (Å²) in [4.78, 5) is 13.0. The Labute approximate surface area is 201 Å². The molecule has 2 unspecified atom stereocenters. The maximum Gasteiger partial charge on any atom is 0.309 e. The molecule has 2 aliphatic rings. The summed E-state index contributed by atoms with van der Waals surface area (Å²) in [6.45, 7) is 15.9. The van der Waals surface area contributed by atoms with Crippen LogP contribution < -0.4 is 0 Å². The quantitative estimate of drug-likeness (QED) is 0.250. The summed E-state index contributed by atoms with van der Waals surface area (Å²) in [6, 6.07) is 0.489. The highest BCUT2D eigenvalue weighted by Gasteiger charge is 2.41. The van der Waals surface area contributed by atoms with Crippen molar-refractivity contribution in [2.75, 3.05) is 13.2 Å². The number of hydrogen-bond donors (Lipinski definition) is 0. The van der Waals surface area contributed by atoms with E-state index in [9.17, 15) is 4.79 Å². The van der Waals surface area contributed by atoms with Crippen LogP contribution in [0.25, 0.3) is 0 Å². The number of carbonyl (C=O) groups excluding carboxylic acids is 1. The zero-order valence-electron chi connectivity index (χ0n) is 22.1. The first-order chi connectivity index (χ1) is 15.6. The van der Waals surface area contributed by atoms with E-state index >= 15 is 0 Å². The highest BCUT2D eigenvalue weighted by molar-refractivity contribution is 5.73. The lowest BCUT2D eigenvalue weighted by Crippen LogP contribution is -2.32. The second-order valence-electron chi connectivity index (χ2n) is 11.9. The van der Waals surface area contributed by atoms with Crippen LogP contribution in [0.3, 0.4) is 0 Å². The molecule has 0 aliphatic heterocycles. The van der Waals surface area contributed by atoms with E-state index in [2.05, 4.69) is 25.3 Å². The maximum absolute atomic E-state index is 13.0. The van der Waals surface area contributed by atoms with Crippen LogP contribution in [-0.4, -0.2) is 39.5 Å². The number of unbranched alkanes of at least 4 members (excludes halogenated alkanes) is 1. The topological polar surface area (TPSA) is 66.2 Å². The van der Waals surface area contributed by atoms with Crippen LogP contribution in [0.1, 0.15) is 129 Å². The van der Waals surface area contributed by atoms with Crippen molar-refractivity contribution in [3.8, 4) is 0 Å². The summed E-state index contributed by atoms with van der Waals surface area (Å²) >= 11 is 0. The van der Waals surface area contributed by atoms with Crippen molar-refractivity contribution in [2.24, 2.45) is 17.8 Å². The third-order valence-corrected chi connectivity index (χ3v) is 7.00. The summed E-state index contributed by atoms with van der Waals surface area (Å²) in [7, 11) is 0. The smallest absolute Gasteiger partial charge is 0.309 e. The van der Waals surface area contributed by atoms with Crippen molar-refractivity contribution in [2.45, 2.75) is 123 Å². The molecule has 2 aliphatic carbocycles. The Kier molecular flexibility index (Phi) is 8.99. The van der Waals surface area contributed by atoms with Crippen molar-refractivity contribution in [1.82, 2.24) is 14.8 Å². The lowest BCUT2D eigenvalue weighted by molar-refractivity contribution is -0.160. The number of ether oxygens (including phenoxy) is 2. The molecule has 0 radical (unpaired) electrons. The van der Waals surface area contributed by atoms with E-state index in [-0.39, 0.29) is 17.8 Å². The monoisotopic (exact) mass is 461 g/mol. The molecular formula is C27H47N3O3. The van der Waals surface area contributed by atoms with Gasteiger partial charge in [0, 0.05) is 31.1 Å². The lowest BCUT2D eigenvalue weighted by Gasteiger charge is -2.36. The Bertz CT molecular complexity index is 757. The number of rotatable bonds is 13. The summed E-state index contributed by atoms with van der Waals surface area (Å²) in [5.41, 5.74) is -0.500. The van der Waals surface area contributed by atoms with Gasteiger partial charge >= 0.3 is 5.97 Å². The molecule has 1 aromatic heterocycles. The van der Waals surface area contributed by atoms with Gasteiger partial charge in [-0.3, -0.25) is 4.79 Å². The second kappa shape index (κ2) is 11.3. The Morgan fingerprint density at radius 2 is 1.82 bits per heavy atom. The van der Waals surface area contributed by atoms with Gasteiger partial charge in [-0.1, -0.05) is 34.1 Å². The van der Waals surface area contributed by atoms with Crippen molar-refractivity contribution >= 4 is 5.97 Å². The summed E-state index contributed by atoms with van der Waals surface area (Å²) in [6.07, 6.45) is 9.04. The maximum atomic E-state index is 13.0. The molecule has 0 aromatic carbocycles. The normalized spacial score (nSPS) is 22.8. The van der Waals surface area contributed by atoms with Crippen LogP contribution >= 0.6 is 0 Å². The largest absolute Gasteiger partial charge is 0.460 e. The van der Waals surface area contributed by atoms with Gasteiger partial charge < -0.3 is 14.0 Å². The number of aromatic nitrogens is 3. The molecule has 0 N–H and O–H groups in total. The minimum atomic E-state index is -0.500. The van der Waals surface area contributed by atoms with Crippen LogP contribution in [0, 0.1) is 17.8 Å². The average molecular weight is 462 g/mol. The molecule has 0 amide bonds. The number of hydrogen-bond acceptors (Lipinski definition) is 5. The molecule has 6 nitrogen and oxygen atoms in total. The molecule has 6 heteroatoms. The molecule has 3 rings (SSSR count). The summed E-state index contributed by atoms with van der Waals surface area (Å²) in [5, 5.41) is 9.46. The Hall–Kier alpha value is -1.43. The Morgan fingerprint density at radius 1 is 1.12 bits per heavy atom. The van der Waals surface area contributed by atoms with E-state index in [0.29, 0.717) is 18.6 Å². The van der Waals surface area contributed by atoms with E-state index in [1.165, 1.54) is 32.1 Å². The molecule has 2 atom stereocenters. The molecule has 0 saturated heterocycles. The van der Waals surface area contributed by atoms with Crippen molar-refractivity contribution in [3.63, 3.8) is 0 Å². The molecule has 2 saturated carbocycles. The van der Waals surface area contributed by atoms with E-state index < -0.39 is 5.60 Å². The fourth-order valence-corrected chi connectivity index (χ4v) is 5.08. The Balaban J connectivity index is 1.79. The van der Waals surface area contributed by atoms with Gasteiger partial charge in [-0.05, 0) is 77.6 Å². The van der Waals surface area contributed by atoms with Gasteiger partial charge in [-0.25, -0.2) is 0 Å². The van der Waals surface area contributed by atoms with E-state index in [1.54, 1.807) is 0 Å². The number of nitrogens with zero attached hydrogens (tertiary/aromatic N) is 3. The zero-order chi connectivity index (χ0) is 24.2. The fourth-order valence-electron chi connectivity index (χ4n) is 5.08. The first-order valence-corrected chi connectivity index (χ1v) is 13.4. The molecule has 0 bridgehead atoms. The molecule has 0 spiro atoms. The standard InChI is InChI=1S/C27H47N3O3/c1-8-9-13-32-14-12-23(19(4)26(31)33-27(5,6)7)25-29-28-24(30(25)22-10-11-22)21-16-20(17-21)15-18(2)3/h18-23H,8-17H2,1-7H3. The van der Waals surface area contributed by atoms with E-state index in [0.717, 1.165) is 49.4 Å². The van der Waals surface area contributed by atoms with Crippen LogP contribution in [0.2, 0.25) is 0 Å². The van der Waals surface area contributed by atoms with Gasteiger partial charge in [0.1, 0.15) is 17.2 Å². The summed E-state index contributed by atoms with van der Waals surface area (Å²) < 4.78 is 14.1. The third-order valence-electron chi connectivity index (χ3n) is 7.00. The van der Waals surface area contributed by atoms with Crippen LogP contribution in [-0.2, 0) is 14.3 Å². The van der Waals surface area contributed by atoms with Crippen LogP contribution in [0.5, 0.6) is 0 Å². The van der Waals surface area contributed by atoms with Gasteiger partial charge in [0.05, 0.1) is 5.92 Å².